The average Bonchev–Trinajstić information content (AvgIpc) is 2.82. The molecule has 2 N–H and O–H groups in total. The number of ether oxygens (including phenoxy) is 1. The molecule has 0 aromatic carbocycles. The second-order valence-corrected chi connectivity index (χ2v) is 5.24. The zero-order valence-electron chi connectivity index (χ0n) is 11.9. The second-order valence-electron chi connectivity index (χ2n) is 5.24. The van der Waals surface area contributed by atoms with Gasteiger partial charge in [0.1, 0.15) is 11.6 Å². The molecule has 1 fully saturated rings. The van der Waals surface area contributed by atoms with Crippen LogP contribution in [-0.4, -0.2) is 51.0 Å². The summed E-state index contributed by atoms with van der Waals surface area (Å²) in [5.41, 5.74) is 6.77. The molecule has 0 radical (unpaired) electrons. The van der Waals surface area contributed by atoms with Gasteiger partial charge >= 0.3 is 0 Å². The molecule has 3 heterocycles. The minimum Gasteiger partial charge on any atom is -0.383 e. The highest BCUT2D eigenvalue weighted by Crippen LogP contribution is 2.19. The fraction of sp³-hybridized carbons (Fsp3) is 0.615. The van der Waals surface area contributed by atoms with Crippen LogP contribution in [0, 0.1) is 0 Å². The smallest absolute Gasteiger partial charge is 0.163 e. The van der Waals surface area contributed by atoms with Crippen molar-refractivity contribution in [2.24, 2.45) is 7.05 Å². The number of nitrogens with two attached hydrogens (primary N) is 1. The molecule has 0 amide bonds. The van der Waals surface area contributed by atoms with E-state index < -0.39 is 0 Å². The van der Waals surface area contributed by atoms with E-state index in [0.717, 1.165) is 49.3 Å². The number of aromatic nitrogens is 4. The predicted molar refractivity (Wildman–Crippen MR) is 76.0 cm³/mol. The van der Waals surface area contributed by atoms with Gasteiger partial charge in [-0.1, -0.05) is 0 Å². The standard InChI is InChI=1S/C13H20N6O/c1-18-13-10(7-15-18)12(14)16-11(17-13)8-19-5-3-9(20-2)4-6-19/h7,9H,3-6,8H2,1-2H3,(H2,14,16,17). The molecule has 20 heavy (non-hydrogen) atoms. The molecule has 1 aliphatic rings. The number of aryl methyl sites for hydroxylation is 1. The van der Waals surface area contributed by atoms with Crippen LogP contribution in [0.3, 0.4) is 0 Å². The molecule has 1 aliphatic heterocycles. The summed E-state index contributed by atoms with van der Waals surface area (Å²) in [6.45, 7) is 2.73. The molecule has 0 atom stereocenters. The van der Waals surface area contributed by atoms with Gasteiger partial charge in [0.25, 0.3) is 0 Å². The van der Waals surface area contributed by atoms with Gasteiger partial charge in [0.15, 0.2) is 5.65 Å². The number of likely N-dealkylation sites (tertiary alicyclic amines) is 1. The Bertz CT molecular complexity index is 602. The van der Waals surface area contributed by atoms with E-state index in [2.05, 4.69) is 20.0 Å². The molecule has 1 saturated heterocycles. The van der Waals surface area contributed by atoms with Crippen molar-refractivity contribution in [3.63, 3.8) is 0 Å². The Morgan fingerprint density at radius 1 is 1.35 bits per heavy atom. The summed E-state index contributed by atoms with van der Waals surface area (Å²) in [5.74, 6) is 1.26. The molecule has 0 bridgehead atoms. The molecular formula is C13H20N6O. The number of nitrogens with zero attached hydrogens (tertiary/aromatic N) is 5. The first-order valence-electron chi connectivity index (χ1n) is 6.86. The van der Waals surface area contributed by atoms with E-state index in [1.165, 1.54) is 0 Å². The monoisotopic (exact) mass is 276 g/mol. The van der Waals surface area contributed by atoms with Gasteiger partial charge in [0, 0.05) is 27.2 Å². The molecule has 7 nitrogen and oxygen atoms in total. The third kappa shape index (κ3) is 2.46. The fourth-order valence-corrected chi connectivity index (χ4v) is 2.66. The van der Waals surface area contributed by atoms with Crippen molar-refractivity contribution in [1.82, 2.24) is 24.6 Å². The van der Waals surface area contributed by atoms with E-state index in [1.807, 2.05) is 7.05 Å². The third-order valence-electron chi connectivity index (χ3n) is 3.90. The van der Waals surface area contributed by atoms with Gasteiger partial charge < -0.3 is 10.5 Å². The number of rotatable bonds is 3. The minimum atomic E-state index is 0.386. The normalized spacial score (nSPS) is 17.9. The van der Waals surface area contributed by atoms with Gasteiger partial charge in [-0.05, 0) is 12.8 Å². The molecule has 2 aromatic heterocycles. The van der Waals surface area contributed by atoms with Crippen LogP contribution in [0.1, 0.15) is 18.7 Å². The first-order valence-corrected chi connectivity index (χ1v) is 6.86. The number of fused-ring (bicyclic) bond motifs is 1. The largest absolute Gasteiger partial charge is 0.383 e. The molecule has 0 aliphatic carbocycles. The number of nitrogen functional groups attached to an aromatic ring is 1. The maximum Gasteiger partial charge on any atom is 0.163 e. The molecule has 0 spiro atoms. The molecule has 0 unspecified atom stereocenters. The lowest BCUT2D eigenvalue weighted by atomic mass is 10.1. The second kappa shape index (κ2) is 5.34. The quantitative estimate of drug-likeness (QED) is 0.882. The maximum atomic E-state index is 5.98. The number of hydrogen-bond acceptors (Lipinski definition) is 6. The van der Waals surface area contributed by atoms with Gasteiger partial charge in [-0.3, -0.25) is 9.58 Å². The Balaban J connectivity index is 1.76. The Labute approximate surface area is 117 Å². The van der Waals surface area contributed by atoms with E-state index in [-0.39, 0.29) is 0 Å². The Morgan fingerprint density at radius 3 is 2.80 bits per heavy atom. The number of methoxy groups -OCH3 is 1. The summed E-state index contributed by atoms with van der Waals surface area (Å²) in [4.78, 5) is 11.3. The SMILES string of the molecule is COC1CCN(Cc2nc(N)c3cnn(C)c3n2)CC1. The third-order valence-corrected chi connectivity index (χ3v) is 3.90. The minimum absolute atomic E-state index is 0.386. The summed E-state index contributed by atoms with van der Waals surface area (Å²) in [6.07, 6.45) is 4.20. The zero-order chi connectivity index (χ0) is 14.1. The van der Waals surface area contributed by atoms with E-state index >= 15 is 0 Å². The van der Waals surface area contributed by atoms with Crippen molar-refractivity contribution in [2.75, 3.05) is 25.9 Å². The summed E-state index contributed by atoms with van der Waals surface area (Å²) in [5, 5.41) is 4.98. The van der Waals surface area contributed by atoms with Crippen LogP contribution in [-0.2, 0) is 18.3 Å². The van der Waals surface area contributed by atoms with Gasteiger partial charge in [-0.15, -0.1) is 0 Å². The van der Waals surface area contributed by atoms with Gasteiger partial charge in [0.2, 0.25) is 0 Å². The lowest BCUT2D eigenvalue weighted by Gasteiger charge is -2.30. The highest BCUT2D eigenvalue weighted by atomic mass is 16.5. The Hall–Kier alpha value is -1.73. The molecule has 108 valence electrons. The van der Waals surface area contributed by atoms with Crippen LogP contribution < -0.4 is 5.73 Å². The van der Waals surface area contributed by atoms with Crippen LogP contribution in [0.25, 0.3) is 11.0 Å². The topological polar surface area (TPSA) is 82.1 Å². The fourth-order valence-electron chi connectivity index (χ4n) is 2.66. The van der Waals surface area contributed by atoms with Gasteiger partial charge in [0.05, 0.1) is 24.2 Å². The van der Waals surface area contributed by atoms with E-state index in [1.54, 1.807) is 18.0 Å². The average molecular weight is 276 g/mol. The van der Waals surface area contributed by atoms with Crippen LogP contribution in [0.2, 0.25) is 0 Å². The van der Waals surface area contributed by atoms with Crippen LogP contribution in [0.15, 0.2) is 6.20 Å². The van der Waals surface area contributed by atoms with Crippen molar-refractivity contribution < 1.29 is 4.74 Å². The first-order chi connectivity index (χ1) is 9.67. The summed E-state index contributed by atoms with van der Waals surface area (Å²) < 4.78 is 7.11. The van der Waals surface area contributed by atoms with Gasteiger partial charge in [-0.2, -0.15) is 5.10 Å². The van der Waals surface area contributed by atoms with E-state index in [9.17, 15) is 0 Å². The lowest BCUT2D eigenvalue weighted by molar-refractivity contribution is 0.0382. The highest BCUT2D eigenvalue weighted by molar-refractivity contribution is 5.84. The van der Waals surface area contributed by atoms with Crippen molar-refractivity contribution in [2.45, 2.75) is 25.5 Å². The van der Waals surface area contributed by atoms with E-state index in [4.69, 9.17) is 10.5 Å². The number of hydrogen-bond donors (Lipinski definition) is 1. The van der Waals surface area contributed by atoms with Gasteiger partial charge in [-0.25, -0.2) is 9.97 Å². The Morgan fingerprint density at radius 2 is 2.10 bits per heavy atom. The summed E-state index contributed by atoms with van der Waals surface area (Å²) >= 11 is 0. The molecular weight excluding hydrogens is 256 g/mol. The van der Waals surface area contributed by atoms with Crippen LogP contribution in [0.5, 0.6) is 0 Å². The first kappa shape index (κ1) is 13.3. The van der Waals surface area contributed by atoms with Crippen LogP contribution in [0.4, 0.5) is 5.82 Å². The maximum absolute atomic E-state index is 5.98. The van der Waals surface area contributed by atoms with Crippen LogP contribution >= 0.6 is 0 Å². The lowest BCUT2D eigenvalue weighted by Crippen LogP contribution is -2.36. The zero-order valence-corrected chi connectivity index (χ0v) is 11.9. The highest BCUT2D eigenvalue weighted by Gasteiger charge is 2.20. The molecule has 2 aromatic rings. The van der Waals surface area contributed by atoms with Crippen molar-refractivity contribution in [3.05, 3.63) is 12.0 Å². The Kier molecular flexibility index (Phi) is 3.54. The van der Waals surface area contributed by atoms with Crippen molar-refractivity contribution in [3.8, 4) is 0 Å². The van der Waals surface area contributed by atoms with Crippen molar-refractivity contribution in [1.29, 1.82) is 0 Å². The molecule has 0 saturated carbocycles. The summed E-state index contributed by atoms with van der Waals surface area (Å²) in [7, 11) is 3.64. The molecule has 7 heteroatoms. The predicted octanol–water partition coefficient (Wildman–Crippen LogP) is 0.556. The number of piperidine rings is 1. The van der Waals surface area contributed by atoms with E-state index in [0.29, 0.717) is 11.9 Å². The molecule has 3 rings (SSSR count). The summed E-state index contributed by atoms with van der Waals surface area (Å²) in [6, 6.07) is 0. The van der Waals surface area contributed by atoms with Crippen molar-refractivity contribution >= 4 is 16.9 Å². The number of anilines is 1.